The summed E-state index contributed by atoms with van der Waals surface area (Å²) in [4.78, 5) is 22.3. The number of hydrogen-bond donors (Lipinski definition) is 1. The Morgan fingerprint density at radius 3 is 2.25 bits per heavy atom. The normalized spacial score (nSPS) is 13.1. The quantitative estimate of drug-likeness (QED) is 0.812. The first-order valence-corrected chi connectivity index (χ1v) is 4.38. The Kier molecular flexibility index (Phi) is 5.06. The van der Waals surface area contributed by atoms with Gasteiger partial charge >= 0.3 is 18.2 Å². The van der Waals surface area contributed by atoms with Crippen molar-refractivity contribution >= 4 is 12.1 Å². The molecular weight excluding hydrogens is 231 g/mol. The minimum atomic E-state index is -4.62. The molecular formula is C8H12F3NO4. The van der Waals surface area contributed by atoms with Crippen LogP contribution in [0.15, 0.2) is 0 Å². The van der Waals surface area contributed by atoms with Gasteiger partial charge in [-0.2, -0.15) is 13.2 Å². The first-order chi connectivity index (χ1) is 7.19. The molecule has 94 valence electrons. The van der Waals surface area contributed by atoms with Gasteiger partial charge < -0.3 is 9.84 Å². The second-order valence-electron chi connectivity index (χ2n) is 3.04. The van der Waals surface area contributed by atoms with Gasteiger partial charge in [0.05, 0.1) is 0 Å². The summed E-state index contributed by atoms with van der Waals surface area (Å²) in [5.41, 5.74) is 0. The van der Waals surface area contributed by atoms with E-state index in [0.29, 0.717) is 4.90 Å². The van der Waals surface area contributed by atoms with Crippen LogP contribution in [0.2, 0.25) is 0 Å². The fourth-order valence-corrected chi connectivity index (χ4v) is 0.987. The van der Waals surface area contributed by atoms with Crippen LogP contribution >= 0.6 is 0 Å². The molecule has 0 spiro atoms. The molecule has 0 aromatic heterocycles. The Balaban J connectivity index is 4.32. The first kappa shape index (κ1) is 14.5. The van der Waals surface area contributed by atoms with Crippen molar-refractivity contribution in [2.24, 2.45) is 0 Å². The van der Waals surface area contributed by atoms with E-state index in [1.807, 2.05) is 0 Å². The summed E-state index contributed by atoms with van der Waals surface area (Å²) >= 11 is 0. The molecule has 1 atom stereocenters. The molecule has 5 nitrogen and oxygen atoms in total. The van der Waals surface area contributed by atoms with Crippen molar-refractivity contribution in [3.05, 3.63) is 0 Å². The molecule has 0 radical (unpaired) electrons. The second-order valence-corrected chi connectivity index (χ2v) is 3.04. The highest BCUT2D eigenvalue weighted by atomic mass is 19.4. The lowest BCUT2D eigenvalue weighted by molar-refractivity contribution is -0.163. The fraction of sp³-hybridized carbons (Fsp3) is 0.750. The van der Waals surface area contributed by atoms with E-state index in [0.717, 1.165) is 7.05 Å². The van der Waals surface area contributed by atoms with Crippen LogP contribution < -0.4 is 0 Å². The Morgan fingerprint density at radius 2 is 1.94 bits per heavy atom. The number of rotatable bonds is 4. The molecule has 0 rings (SSSR count). The first-order valence-electron chi connectivity index (χ1n) is 4.38. The SMILES string of the molecule is CCC(C(=O)O)N(C)C(=O)OCC(F)(F)F. The average molecular weight is 243 g/mol. The molecule has 0 aromatic carbocycles. The van der Waals surface area contributed by atoms with E-state index in [-0.39, 0.29) is 6.42 Å². The third-order valence-corrected chi connectivity index (χ3v) is 1.79. The highest BCUT2D eigenvalue weighted by Crippen LogP contribution is 2.15. The number of likely N-dealkylation sites (N-methyl/N-ethyl adjacent to an activating group) is 1. The Hall–Kier alpha value is -1.47. The molecule has 0 heterocycles. The molecule has 8 heteroatoms. The van der Waals surface area contributed by atoms with Crippen LogP contribution in [-0.4, -0.2) is 47.9 Å². The standard InChI is InChI=1S/C8H12F3NO4/c1-3-5(6(13)14)12(2)7(15)16-4-8(9,10)11/h5H,3-4H2,1-2H3,(H,13,14). The van der Waals surface area contributed by atoms with Gasteiger partial charge in [-0.25, -0.2) is 9.59 Å². The smallest absolute Gasteiger partial charge is 0.422 e. The number of carboxylic acid groups (broad SMARTS) is 1. The highest BCUT2D eigenvalue weighted by Gasteiger charge is 2.32. The third kappa shape index (κ3) is 4.85. The number of ether oxygens (including phenoxy) is 1. The average Bonchev–Trinajstić information content (AvgIpc) is 2.13. The van der Waals surface area contributed by atoms with Crippen LogP contribution in [0.5, 0.6) is 0 Å². The molecule has 0 aliphatic carbocycles. The monoisotopic (exact) mass is 243 g/mol. The second kappa shape index (κ2) is 5.57. The highest BCUT2D eigenvalue weighted by molar-refractivity contribution is 5.79. The van der Waals surface area contributed by atoms with E-state index in [4.69, 9.17) is 5.11 Å². The lowest BCUT2D eigenvalue weighted by atomic mass is 10.2. The molecule has 1 N–H and O–H groups in total. The number of carbonyl (C=O) groups is 2. The van der Waals surface area contributed by atoms with Gasteiger partial charge in [-0.3, -0.25) is 4.90 Å². The number of hydrogen-bond acceptors (Lipinski definition) is 3. The van der Waals surface area contributed by atoms with Crippen LogP contribution in [0.4, 0.5) is 18.0 Å². The molecule has 0 saturated carbocycles. The predicted molar refractivity (Wildman–Crippen MR) is 46.9 cm³/mol. The minimum absolute atomic E-state index is 0.0763. The van der Waals surface area contributed by atoms with Crippen molar-refractivity contribution in [2.75, 3.05) is 13.7 Å². The molecule has 1 unspecified atom stereocenters. The number of halogens is 3. The molecule has 1 amide bonds. The molecule has 0 aliphatic rings. The zero-order valence-electron chi connectivity index (χ0n) is 8.74. The maximum atomic E-state index is 11.7. The van der Waals surface area contributed by atoms with Crippen molar-refractivity contribution in [1.82, 2.24) is 4.90 Å². The number of nitrogens with zero attached hydrogens (tertiary/aromatic N) is 1. The molecule has 0 bridgehead atoms. The summed E-state index contributed by atoms with van der Waals surface area (Å²) in [5.74, 6) is -1.30. The van der Waals surface area contributed by atoms with Crippen molar-refractivity contribution < 1.29 is 32.6 Å². The van der Waals surface area contributed by atoms with Gasteiger partial charge in [-0.1, -0.05) is 6.92 Å². The summed E-state index contributed by atoms with van der Waals surface area (Å²) in [6, 6.07) is -1.19. The number of alkyl halides is 3. The van der Waals surface area contributed by atoms with Crippen molar-refractivity contribution in [2.45, 2.75) is 25.6 Å². The Labute approximate surface area is 89.8 Å². The summed E-state index contributed by atoms with van der Waals surface area (Å²) in [6.07, 6.45) is -5.86. The maximum Gasteiger partial charge on any atom is 0.422 e. The van der Waals surface area contributed by atoms with E-state index in [1.54, 1.807) is 0 Å². The lowest BCUT2D eigenvalue weighted by Gasteiger charge is -2.23. The van der Waals surface area contributed by atoms with Gasteiger partial charge in [-0.15, -0.1) is 0 Å². The van der Waals surface area contributed by atoms with E-state index >= 15 is 0 Å². The van der Waals surface area contributed by atoms with Gasteiger partial charge in [0.2, 0.25) is 0 Å². The van der Waals surface area contributed by atoms with E-state index < -0.39 is 30.9 Å². The van der Waals surface area contributed by atoms with Gasteiger partial charge in [0.1, 0.15) is 6.04 Å². The summed E-state index contributed by atoms with van der Waals surface area (Å²) < 4.78 is 39.0. The molecule has 0 aromatic rings. The van der Waals surface area contributed by atoms with Crippen LogP contribution in [-0.2, 0) is 9.53 Å². The van der Waals surface area contributed by atoms with E-state index in [2.05, 4.69) is 4.74 Å². The van der Waals surface area contributed by atoms with Crippen LogP contribution in [0.3, 0.4) is 0 Å². The predicted octanol–water partition coefficient (Wildman–Crippen LogP) is 1.48. The number of carboxylic acids is 1. The summed E-state index contributed by atoms with van der Waals surface area (Å²) in [6.45, 7) is -0.238. The fourth-order valence-electron chi connectivity index (χ4n) is 0.987. The maximum absolute atomic E-state index is 11.7. The van der Waals surface area contributed by atoms with Crippen LogP contribution in [0.1, 0.15) is 13.3 Å². The van der Waals surface area contributed by atoms with Crippen molar-refractivity contribution in [1.29, 1.82) is 0 Å². The zero-order valence-corrected chi connectivity index (χ0v) is 8.74. The largest absolute Gasteiger partial charge is 0.480 e. The van der Waals surface area contributed by atoms with Crippen molar-refractivity contribution in [3.63, 3.8) is 0 Å². The van der Waals surface area contributed by atoms with Crippen LogP contribution in [0.25, 0.3) is 0 Å². The summed E-state index contributed by atoms with van der Waals surface area (Å²) in [7, 11) is 1.07. The zero-order chi connectivity index (χ0) is 12.9. The number of carbonyl (C=O) groups excluding carboxylic acids is 1. The van der Waals surface area contributed by atoms with Gasteiger partial charge in [0, 0.05) is 7.05 Å². The number of amides is 1. The molecule has 0 aliphatic heterocycles. The summed E-state index contributed by atoms with van der Waals surface area (Å²) in [5, 5.41) is 8.65. The molecule has 16 heavy (non-hydrogen) atoms. The van der Waals surface area contributed by atoms with Gasteiger partial charge in [0.15, 0.2) is 6.61 Å². The Bertz CT molecular complexity index is 266. The van der Waals surface area contributed by atoms with Crippen LogP contribution in [0, 0.1) is 0 Å². The topological polar surface area (TPSA) is 66.8 Å². The number of aliphatic carboxylic acids is 1. The minimum Gasteiger partial charge on any atom is -0.480 e. The van der Waals surface area contributed by atoms with Gasteiger partial charge in [0.25, 0.3) is 0 Å². The van der Waals surface area contributed by atoms with Gasteiger partial charge in [-0.05, 0) is 6.42 Å². The lowest BCUT2D eigenvalue weighted by Crippen LogP contribution is -2.43. The van der Waals surface area contributed by atoms with Crippen molar-refractivity contribution in [3.8, 4) is 0 Å². The third-order valence-electron chi connectivity index (χ3n) is 1.79. The molecule has 0 fully saturated rings. The molecule has 0 saturated heterocycles. The van der Waals surface area contributed by atoms with E-state index in [9.17, 15) is 22.8 Å². The Morgan fingerprint density at radius 1 is 1.44 bits per heavy atom. The van der Waals surface area contributed by atoms with E-state index in [1.165, 1.54) is 6.92 Å².